The molecule has 0 bridgehead atoms. The molecule has 0 radical (unpaired) electrons. The number of hydrogen-bond acceptors (Lipinski definition) is 4. The lowest BCUT2D eigenvalue weighted by atomic mass is 10.2. The van der Waals surface area contributed by atoms with Crippen LogP contribution in [-0.2, 0) is 0 Å². The van der Waals surface area contributed by atoms with Crippen molar-refractivity contribution < 1.29 is 14.3 Å². The molecular weight excluding hydrogens is 172 g/mol. The van der Waals surface area contributed by atoms with Crippen LogP contribution in [0.2, 0.25) is 0 Å². The van der Waals surface area contributed by atoms with Crippen LogP contribution >= 0.6 is 0 Å². The van der Waals surface area contributed by atoms with E-state index in [-0.39, 0.29) is 11.7 Å². The van der Waals surface area contributed by atoms with Crippen LogP contribution in [0.3, 0.4) is 0 Å². The third-order valence-corrected chi connectivity index (χ3v) is 1.58. The Labute approximate surface area is 73.6 Å². The van der Waals surface area contributed by atoms with Crippen molar-refractivity contribution in [3.05, 3.63) is 30.2 Å². The first-order valence-corrected chi connectivity index (χ1v) is 3.34. The predicted octanol–water partition coefficient (Wildman–Crippen LogP) is 1.69. The highest BCUT2D eigenvalue weighted by Crippen LogP contribution is 2.13. The summed E-state index contributed by atoms with van der Waals surface area (Å²) in [5.41, 5.74) is 1.37. The fraction of sp³-hybridized carbons (Fsp3) is 0. The van der Waals surface area contributed by atoms with Crippen LogP contribution in [0, 0.1) is 0 Å². The summed E-state index contributed by atoms with van der Waals surface area (Å²) in [6.07, 6.45) is 1.29. The van der Waals surface area contributed by atoms with Crippen LogP contribution in [0.15, 0.2) is 29.0 Å². The van der Waals surface area contributed by atoms with Crippen molar-refractivity contribution in [1.82, 2.24) is 11.1 Å². The zero-order chi connectivity index (χ0) is 8.55. The molecule has 13 heavy (non-hydrogen) atoms. The van der Waals surface area contributed by atoms with Gasteiger partial charge in [0, 0.05) is 0 Å². The molecule has 0 saturated carbocycles. The molecule has 2 rings (SSSR count). The molecule has 0 atom stereocenters. The van der Waals surface area contributed by atoms with E-state index in [0.717, 1.165) is 0 Å². The van der Waals surface area contributed by atoms with Crippen LogP contribution in [0.25, 0.3) is 11.1 Å². The maximum absolute atomic E-state index is 10.5. The molecule has 0 aliphatic heterocycles. The first kappa shape index (κ1) is 9.21. The summed E-state index contributed by atoms with van der Waals surface area (Å²) in [4.78, 5) is 14.4. The molecule has 1 aromatic carbocycles. The van der Waals surface area contributed by atoms with Crippen molar-refractivity contribution in [2.45, 2.75) is 0 Å². The van der Waals surface area contributed by atoms with Crippen LogP contribution in [0.5, 0.6) is 0 Å². The zero-order valence-corrected chi connectivity index (χ0v) is 6.73. The molecule has 68 valence electrons. The van der Waals surface area contributed by atoms with Crippen molar-refractivity contribution in [3.63, 3.8) is 0 Å². The molecule has 0 saturated heterocycles. The van der Waals surface area contributed by atoms with E-state index in [9.17, 15) is 4.79 Å². The van der Waals surface area contributed by atoms with Gasteiger partial charge in [-0.05, 0) is 18.2 Å². The molecule has 1 aromatic heterocycles. The Hall–Kier alpha value is -1.88. The number of nitrogens with zero attached hydrogens (tertiary/aromatic N) is 1. The highest BCUT2D eigenvalue weighted by Gasteiger charge is 2.04. The topological polar surface area (TPSA) is 98.3 Å². The molecule has 5 heteroatoms. The molecule has 5 nitrogen and oxygen atoms in total. The van der Waals surface area contributed by atoms with Gasteiger partial charge in [-0.15, -0.1) is 0 Å². The van der Waals surface area contributed by atoms with Gasteiger partial charge in [0.15, 0.2) is 12.0 Å². The standard InChI is InChI=1S/C8H5NO3.H3N/c10-8(11)5-1-2-6-7(3-5)12-4-9-6;/h1-4H,(H,10,11);1H3. The quantitative estimate of drug-likeness (QED) is 0.695. The van der Waals surface area contributed by atoms with Gasteiger partial charge < -0.3 is 15.7 Å². The Balaban J connectivity index is 0.000000845. The van der Waals surface area contributed by atoms with Crippen molar-refractivity contribution in [1.29, 1.82) is 0 Å². The molecule has 1 heterocycles. The number of benzene rings is 1. The fourth-order valence-corrected chi connectivity index (χ4v) is 0.988. The first-order valence-electron chi connectivity index (χ1n) is 3.34. The van der Waals surface area contributed by atoms with Crippen LogP contribution in [0.4, 0.5) is 0 Å². The van der Waals surface area contributed by atoms with Crippen molar-refractivity contribution in [3.8, 4) is 0 Å². The number of carboxylic acid groups (broad SMARTS) is 1. The van der Waals surface area contributed by atoms with Crippen molar-refractivity contribution >= 4 is 17.1 Å². The normalized spacial score (nSPS) is 9.54. The Bertz CT molecular complexity index is 436. The minimum absolute atomic E-state index is 0. The maximum Gasteiger partial charge on any atom is 0.335 e. The number of oxazole rings is 1. The summed E-state index contributed by atoms with van der Waals surface area (Å²) >= 11 is 0. The van der Waals surface area contributed by atoms with Gasteiger partial charge in [-0.2, -0.15) is 0 Å². The second kappa shape index (κ2) is 3.24. The molecule has 4 N–H and O–H groups in total. The minimum atomic E-state index is -0.965. The SMILES string of the molecule is N.O=C(O)c1ccc2ncoc2c1. The fourth-order valence-electron chi connectivity index (χ4n) is 0.988. The van der Waals surface area contributed by atoms with Gasteiger partial charge in [-0.3, -0.25) is 0 Å². The molecule has 0 aliphatic carbocycles. The van der Waals surface area contributed by atoms with Crippen LogP contribution in [-0.4, -0.2) is 16.1 Å². The molecule has 0 fully saturated rings. The Morgan fingerprint density at radius 2 is 2.23 bits per heavy atom. The lowest BCUT2D eigenvalue weighted by Crippen LogP contribution is -1.94. The summed E-state index contributed by atoms with van der Waals surface area (Å²) in [5, 5.41) is 8.62. The monoisotopic (exact) mass is 180 g/mol. The third-order valence-electron chi connectivity index (χ3n) is 1.58. The Morgan fingerprint density at radius 1 is 1.46 bits per heavy atom. The van der Waals surface area contributed by atoms with Crippen molar-refractivity contribution in [2.24, 2.45) is 0 Å². The van der Waals surface area contributed by atoms with Gasteiger partial charge in [0.05, 0.1) is 5.56 Å². The highest BCUT2D eigenvalue weighted by atomic mass is 16.4. The van der Waals surface area contributed by atoms with Gasteiger partial charge in [0.1, 0.15) is 5.52 Å². The highest BCUT2D eigenvalue weighted by molar-refractivity contribution is 5.91. The molecule has 0 amide bonds. The number of carbonyl (C=O) groups is 1. The molecular formula is C8H8N2O3. The number of rotatable bonds is 1. The minimum Gasteiger partial charge on any atom is -0.478 e. The second-order valence-electron chi connectivity index (χ2n) is 2.34. The van der Waals surface area contributed by atoms with E-state index >= 15 is 0 Å². The average Bonchev–Trinajstić information content (AvgIpc) is 2.49. The van der Waals surface area contributed by atoms with Gasteiger partial charge in [-0.25, -0.2) is 9.78 Å². The predicted molar refractivity (Wildman–Crippen MR) is 46.0 cm³/mol. The summed E-state index contributed by atoms with van der Waals surface area (Å²) < 4.78 is 4.93. The summed E-state index contributed by atoms with van der Waals surface area (Å²) in [5.74, 6) is -0.965. The van der Waals surface area contributed by atoms with E-state index in [1.54, 1.807) is 6.07 Å². The average molecular weight is 180 g/mol. The second-order valence-corrected chi connectivity index (χ2v) is 2.34. The number of aromatic nitrogens is 1. The van der Waals surface area contributed by atoms with E-state index in [0.29, 0.717) is 11.1 Å². The van der Waals surface area contributed by atoms with Crippen molar-refractivity contribution in [2.75, 3.05) is 0 Å². The van der Waals surface area contributed by atoms with Crippen LogP contribution in [0.1, 0.15) is 10.4 Å². The number of carboxylic acids is 1. The summed E-state index contributed by atoms with van der Waals surface area (Å²) in [6.45, 7) is 0. The zero-order valence-electron chi connectivity index (χ0n) is 6.73. The van der Waals surface area contributed by atoms with Gasteiger partial charge in [0.25, 0.3) is 0 Å². The van der Waals surface area contributed by atoms with E-state index in [1.165, 1.54) is 18.5 Å². The smallest absolute Gasteiger partial charge is 0.335 e. The van der Waals surface area contributed by atoms with E-state index < -0.39 is 5.97 Å². The lowest BCUT2D eigenvalue weighted by Gasteiger charge is -1.91. The van der Waals surface area contributed by atoms with E-state index in [1.807, 2.05) is 0 Å². The van der Waals surface area contributed by atoms with Crippen LogP contribution < -0.4 is 6.15 Å². The van der Waals surface area contributed by atoms with Gasteiger partial charge in [-0.1, -0.05) is 0 Å². The molecule has 0 unspecified atom stereocenters. The third kappa shape index (κ3) is 1.50. The Kier molecular flexibility index (Phi) is 2.29. The summed E-state index contributed by atoms with van der Waals surface area (Å²) in [7, 11) is 0. The number of hydrogen-bond donors (Lipinski definition) is 2. The molecule has 0 spiro atoms. The lowest BCUT2D eigenvalue weighted by molar-refractivity contribution is 0.0697. The van der Waals surface area contributed by atoms with E-state index in [2.05, 4.69) is 4.98 Å². The largest absolute Gasteiger partial charge is 0.478 e. The number of fused-ring (bicyclic) bond motifs is 1. The maximum atomic E-state index is 10.5. The molecule has 2 aromatic rings. The summed E-state index contributed by atoms with van der Waals surface area (Å²) in [6, 6.07) is 4.56. The van der Waals surface area contributed by atoms with Gasteiger partial charge in [0.2, 0.25) is 0 Å². The van der Waals surface area contributed by atoms with Gasteiger partial charge >= 0.3 is 5.97 Å². The number of aromatic carboxylic acids is 1. The first-order chi connectivity index (χ1) is 5.77. The Morgan fingerprint density at radius 3 is 2.92 bits per heavy atom. The van der Waals surface area contributed by atoms with E-state index in [4.69, 9.17) is 9.52 Å². The molecule has 0 aliphatic rings.